The molecule has 2 aromatic heterocycles. The van der Waals surface area contributed by atoms with Crippen molar-refractivity contribution in [1.82, 2.24) is 9.13 Å². The minimum atomic E-state index is -0.750. The zero-order valence-electron chi connectivity index (χ0n) is 26.4. The topological polar surface area (TPSA) is 87.3 Å². The van der Waals surface area contributed by atoms with Crippen LogP contribution in [0.3, 0.4) is 0 Å². The minimum absolute atomic E-state index is 0.201. The van der Waals surface area contributed by atoms with Crippen molar-refractivity contribution in [3.63, 3.8) is 0 Å². The molecule has 0 bridgehead atoms. The van der Waals surface area contributed by atoms with Crippen LogP contribution in [0.4, 0.5) is 5.69 Å². The molecule has 1 aliphatic heterocycles. The molecule has 0 aliphatic carbocycles. The first kappa shape index (κ1) is 30.9. The predicted octanol–water partition coefficient (Wildman–Crippen LogP) is 4.68. The highest BCUT2D eigenvalue weighted by Gasteiger charge is 2.34. The van der Waals surface area contributed by atoms with Crippen molar-refractivity contribution < 1.29 is 19.0 Å². The summed E-state index contributed by atoms with van der Waals surface area (Å²) in [5.74, 6) is 0.581. The summed E-state index contributed by atoms with van der Waals surface area (Å²) in [4.78, 5) is 34.8. The first-order valence-electron chi connectivity index (χ1n) is 14.6. The van der Waals surface area contributed by atoms with E-state index in [4.69, 9.17) is 19.2 Å². The van der Waals surface area contributed by atoms with Crippen molar-refractivity contribution in [2.45, 2.75) is 40.7 Å². The number of rotatable bonds is 9. The Kier molecular flexibility index (Phi) is 8.82. The molecule has 5 rings (SSSR count). The number of hydrogen-bond acceptors (Lipinski definition) is 8. The van der Waals surface area contributed by atoms with Gasteiger partial charge in [0.15, 0.2) is 16.3 Å². The number of nitrogens with zero attached hydrogens (tertiary/aromatic N) is 4. The highest BCUT2D eigenvalue weighted by Crippen LogP contribution is 2.36. The molecule has 9 nitrogen and oxygen atoms in total. The van der Waals surface area contributed by atoms with Crippen LogP contribution >= 0.6 is 11.3 Å². The van der Waals surface area contributed by atoms with Gasteiger partial charge in [0.1, 0.15) is 0 Å². The van der Waals surface area contributed by atoms with Crippen LogP contribution < -0.4 is 29.3 Å². The number of benzene rings is 2. The fourth-order valence-corrected chi connectivity index (χ4v) is 6.65. The number of carbonyl (C=O) groups is 1. The highest BCUT2D eigenvalue weighted by atomic mass is 32.1. The van der Waals surface area contributed by atoms with Crippen molar-refractivity contribution in [3.05, 3.63) is 102 Å². The molecule has 3 heterocycles. The van der Waals surface area contributed by atoms with Gasteiger partial charge < -0.3 is 23.7 Å². The van der Waals surface area contributed by atoms with Crippen molar-refractivity contribution in [2.75, 3.05) is 39.3 Å². The van der Waals surface area contributed by atoms with Gasteiger partial charge in [-0.3, -0.25) is 9.36 Å². The molecule has 4 aromatic rings. The standard InChI is InChI=1S/C34H38N4O5S/c1-9-42-28-18-23(11-16-27(28)41-8)31-30(33(40)43-10-2)21(4)35-34-38(31)32(39)29(44-34)19-24-17-20(3)37(22(24)5)26-14-12-25(13-15-26)36(6)7/h11-19,31H,9-10H2,1-8H3/b29-19+/t31-/m0/s1. The summed E-state index contributed by atoms with van der Waals surface area (Å²) in [7, 11) is 5.61. The third kappa shape index (κ3) is 5.57. The number of aryl methyl sites for hydroxylation is 1. The predicted molar refractivity (Wildman–Crippen MR) is 174 cm³/mol. The van der Waals surface area contributed by atoms with E-state index in [0.717, 1.165) is 28.3 Å². The maximum absolute atomic E-state index is 14.2. The molecule has 1 aliphatic rings. The highest BCUT2D eigenvalue weighted by molar-refractivity contribution is 7.07. The summed E-state index contributed by atoms with van der Waals surface area (Å²) in [6.07, 6.45) is 1.91. The van der Waals surface area contributed by atoms with E-state index in [9.17, 15) is 9.59 Å². The van der Waals surface area contributed by atoms with E-state index in [1.165, 1.54) is 11.3 Å². The first-order chi connectivity index (χ1) is 21.1. The van der Waals surface area contributed by atoms with Gasteiger partial charge in [0.25, 0.3) is 5.56 Å². The molecule has 2 aromatic carbocycles. The number of hydrogen-bond donors (Lipinski definition) is 0. The smallest absolute Gasteiger partial charge is 0.338 e. The number of fused-ring (bicyclic) bond motifs is 1. The summed E-state index contributed by atoms with van der Waals surface area (Å²) in [6.45, 7) is 10.2. The quantitative estimate of drug-likeness (QED) is 0.255. The minimum Gasteiger partial charge on any atom is -0.493 e. The summed E-state index contributed by atoms with van der Waals surface area (Å²) >= 11 is 1.30. The van der Waals surface area contributed by atoms with Gasteiger partial charge in [-0.1, -0.05) is 17.4 Å². The molecule has 0 radical (unpaired) electrons. The van der Waals surface area contributed by atoms with E-state index < -0.39 is 12.0 Å². The van der Waals surface area contributed by atoms with Crippen LogP contribution in [-0.4, -0.2) is 49.5 Å². The van der Waals surface area contributed by atoms with Crippen LogP contribution in [0.2, 0.25) is 0 Å². The normalized spacial score (nSPS) is 14.7. The van der Waals surface area contributed by atoms with Gasteiger partial charge in [0.05, 0.1) is 42.2 Å². The van der Waals surface area contributed by atoms with Gasteiger partial charge in [0, 0.05) is 36.9 Å². The Morgan fingerprint density at radius 3 is 2.39 bits per heavy atom. The van der Waals surface area contributed by atoms with E-state index in [0.29, 0.717) is 44.3 Å². The molecule has 0 spiro atoms. The third-order valence-corrected chi connectivity index (χ3v) is 8.68. The molecule has 230 valence electrons. The van der Waals surface area contributed by atoms with Gasteiger partial charge in [-0.05, 0) is 94.3 Å². The van der Waals surface area contributed by atoms with E-state index in [1.807, 2.05) is 46.2 Å². The molecular weight excluding hydrogens is 576 g/mol. The number of ether oxygens (including phenoxy) is 3. The Morgan fingerprint density at radius 1 is 1.02 bits per heavy atom. The maximum Gasteiger partial charge on any atom is 0.338 e. The summed E-state index contributed by atoms with van der Waals surface area (Å²) in [6, 6.07) is 15.1. The number of aromatic nitrogens is 2. The van der Waals surface area contributed by atoms with Gasteiger partial charge in [-0.15, -0.1) is 0 Å². The van der Waals surface area contributed by atoms with Gasteiger partial charge >= 0.3 is 5.97 Å². The SMILES string of the molecule is CCOC(=O)C1=C(C)N=c2s/c(=C/c3cc(C)n(-c4ccc(N(C)C)cc4)c3C)c(=O)n2[C@H]1c1ccc(OC)c(OCC)c1. The zero-order chi connectivity index (χ0) is 31.7. The second kappa shape index (κ2) is 12.6. The number of esters is 1. The number of anilines is 1. The van der Waals surface area contributed by atoms with E-state index in [2.05, 4.69) is 46.7 Å². The van der Waals surface area contributed by atoms with Gasteiger partial charge in [-0.25, -0.2) is 9.79 Å². The Hall–Kier alpha value is -4.57. The number of allylic oxidation sites excluding steroid dienone is 1. The van der Waals surface area contributed by atoms with Crippen LogP contribution in [0.15, 0.2) is 69.6 Å². The number of thiazole rings is 1. The monoisotopic (exact) mass is 614 g/mol. The Labute approximate surface area is 260 Å². The molecule has 44 heavy (non-hydrogen) atoms. The average molecular weight is 615 g/mol. The Balaban J connectivity index is 1.67. The molecule has 0 fully saturated rings. The molecule has 0 saturated carbocycles. The molecule has 0 N–H and O–H groups in total. The Morgan fingerprint density at radius 2 is 1.75 bits per heavy atom. The van der Waals surface area contributed by atoms with Crippen molar-refractivity contribution >= 4 is 29.1 Å². The lowest BCUT2D eigenvalue weighted by Gasteiger charge is -2.25. The van der Waals surface area contributed by atoms with Crippen LogP contribution in [-0.2, 0) is 9.53 Å². The van der Waals surface area contributed by atoms with Crippen molar-refractivity contribution in [3.8, 4) is 17.2 Å². The van der Waals surface area contributed by atoms with E-state index >= 15 is 0 Å². The van der Waals surface area contributed by atoms with Gasteiger partial charge in [0.2, 0.25) is 0 Å². The van der Waals surface area contributed by atoms with Crippen LogP contribution in [0.1, 0.15) is 49.3 Å². The van der Waals surface area contributed by atoms with Crippen molar-refractivity contribution in [2.24, 2.45) is 4.99 Å². The number of methoxy groups -OCH3 is 1. The first-order valence-corrected chi connectivity index (χ1v) is 15.4. The fourth-order valence-electron chi connectivity index (χ4n) is 5.61. The molecule has 0 saturated heterocycles. The molecule has 0 unspecified atom stereocenters. The number of carbonyl (C=O) groups excluding carboxylic acids is 1. The molecule has 1 atom stereocenters. The fraction of sp³-hybridized carbons (Fsp3) is 0.324. The molecule has 0 amide bonds. The Bertz CT molecular complexity index is 1930. The second-order valence-corrected chi connectivity index (χ2v) is 11.7. The van der Waals surface area contributed by atoms with Crippen LogP contribution in [0.5, 0.6) is 11.5 Å². The molecule has 10 heteroatoms. The lowest BCUT2D eigenvalue weighted by atomic mass is 9.95. The van der Waals surface area contributed by atoms with E-state index in [1.54, 1.807) is 31.6 Å². The van der Waals surface area contributed by atoms with E-state index in [-0.39, 0.29) is 12.2 Å². The summed E-state index contributed by atoms with van der Waals surface area (Å²) in [5.41, 5.74) is 6.46. The van der Waals surface area contributed by atoms with Gasteiger partial charge in [-0.2, -0.15) is 0 Å². The lowest BCUT2D eigenvalue weighted by Crippen LogP contribution is -2.40. The molecular formula is C34H38N4O5S. The van der Waals surface area contributed by atoms with Crippen LogP contribution in [0, 0.1) is 13.8 Å². The third-order valence-electron chi connectivity index (χ3n) is 7.70. The van der Waals surface area contributed by atoms with Crippen LogP contribution in [0.25, 0.3) is 11.8 Å². The zero-order valence-corrected chi connectivity index (χ0v) is 27.2. The largest absolute Gasteiger partial charge is 0.493 e. The second-order valence-electron chi connectivity index (χ2n) is 10.7. The van der Waals surface area contributed by atoms with Crippen molar-refractivity contribution in [1.29, 1.82) is 0 Å². The average Bonchev–Trinajstić information content (AvgIpc) is 3.45. The summed E-state index contributed by atoms with van der Waals surface area (Å²) < 4.78 is 21.1. The maximum atomic E-state index is 14.2. The summed E-state index contributed by atoms with van der Waals surface area (Å²) in [5, 5.41) is 0. The lowest BCUT2D eigenvalue weighted by molar-refractivity contribution is -0.139.